The summed E-state index contributed by atoms with van der Waals surface area (Å²) in [5.41, 5.74) is 1.61. The number of rotatable bonds is 4. The fraction of sp³-hybridized carbons (Fsp3) is 0.957. The molecule has 0 aromatic carbocycles. The van der Waals surface area contributed by atoms with Gasteiger partial charge in [0, 0.05) is 12.3 Å². The minimum atomic E-state index is 0.270. The van der Waals surface area contributed by atoms with Gasteiger partial charge in [0.15, 0.2) is 0 Å². The van der Waals surface area contributed by atoms with Crippen molar-refractivity contribution in [3.8, 4) is 0 Å². The van der Waals surface area contributed by atoms with Crippen molar-refractivity contribution in [2.45, 2.75) is 92.9 Å². The molecule has 0 aromatic heterocycles. The molecule has 6 unspecified atom stereocenters. The van der Waals surface area contributed by atoms with E-state index in [1.165, 1.54) is 38.5 Å². The third-order valence-corrected chi connectivity index (χ3v) is 10.9. The van der Waals surface area contributed by atoms with Crippen LogP contribution in [0.5, 0.6) is 0 Å². The molecule has 0 heterocycles. The molecule has 4 aliphatic rings. The Morgan fingerprint density at radius 2 is 1.38 bits per heavy atom. The predicted molar refractivity (Wildman–Crippen MR) is 99.7 cm³/mol. The average Bonchev–Trinajstić information content (AvgIpc) is 3.03. The Balaban J connectivity index is 1.42. The van der Waals surface area contributed by atoms with Crippen LogP contribution in [0, 0.1) is 45.3 Å². The second kappa shape index (κ2) is 4.89. The second-order valence-corrected chi connectivity index (χ2v) is 11.5. The lowest BCUT2D eigenvalue weighted by molar-refractivity contribution is -0.128. The van der Waals surface area contributed by atoms with Crippen LogP contribution in [-0.2, 0) is 4.79 Å². The Bertz CT molecular complexity index is 558. The molecular weight excluding hydrogens is 292 g/mol. The Hall–Kier alpha value is -0.330. The minimum Gasteiger partial charge on any atom is -0.299 e. The van der Waals surface area contributed by atoms with Crippen molar-refractivity contribution >= 4 is 5.78 Å². The highest BCUT2D eigenvalue weighted by Gasteiger charge is 2.63. The summed E-state index contributed by atoms with van der Waals surface area (Å²) >= 11 is 0. The fourth-order valence-corrected chi connectivity index (χ4v) is 7.99. The van der Waals surface area contributed by atoms with E-state index in [0.717, 1.165) is 30.6 Å². The zero-order valence-electron chi connectivity index (χ0n) is 16.9. The highest BCUT2D eigenvalue weighted by atomic mass is 16.1. The number of fused-ring (bicyclic) bond motifs is 4. The molecule has 24 heavy (non-hydrogen) atoms. The topological polar surface area (TPSA) is 17.1 Å². The molecule has 0 aromatic rings. The van der Waals surface area contributed by atoms with Crippen molar-refractivity contribution < 1.29 is 4.79 Å². The number of ketones is 1. The summed E-state index contributed by atoms with van der Waals surface area (Å²) in [6.07, 6.45) is 10.0. The standard InChI is InChI=1S/C23H38O/c1-20(2)15-9-11-22(20,5)17(13-15)7-8-19(24)18-14-16-10-12-23(18,6)21(16,3)4/h15-18H,7-14H2,1-6H3. The van der Waals surface area contributed by atoms with Crippen LogP contribution in [0.2, 0.25) is 0 Å². The molecule has 0 aliphatic heterocycles. The van der Waals surface area contributed by atoms with E-state index in [4.69, 9.17) is 0 Å². The van der Waals surface area contributed by atoms with Crippen molar-refractivity contribution in [2.75, 3.05) is 0 Å². The van der Waals surface area contributed by atoms with Crippen molar-refractivity contribution in [3.63, 3.8) is 0 Å². The first kappa shape index (κ1) is 17.1. The summed E-state index contributed by atoms with van der Waals surface area (Å²) in [5.74, 6) is 3.44. The molecule has 0 amide bonds. The molecule has 4 bridgehead atoms. The van der Waals surface area contributed by atoms with Gasteiger partial charge >= 0.3 is 0 Å². The van der Waals surface area contributed by atoms with Gasteiger partial charge in [-0.05, 0) is 84.4 Å². The molecule has 4 rings (SSSR count). The average molecular weight is 331 g/mol. The summed E-state index contributed by atoms with van der Waals surface area (Å²) in [5, 5.41) is 0. The highest BCUT2D eigenvalue weighted by Crippen LogP contribution is 2.70. The zero-order chi connectivity index (χ0) is 17.5. The maximum absolute atomic E-state index is 13.2. The van der Waals surface area contributed by atoms with E-state index >= 15 is 0 Å². The summed E-state index contributed by atoms with van der Waals surface area (Å²) in [7, 11) is 0. The number of carbonyl (C=O) groups excluding carboxylic acids is 1. The van der Waals surface area contributed by atoms with E-state index in [1.807, 2.05) is 0 Å². The molecule has 136 valence electrons. The van der Waals surface area contributed by atoms with Crippen molar-refractivity contribution in [1.29, 1.82) is 0 Å². The van der Waals surface area contributed by atoms with Crippen LogP contribution < -0.4 is 0 Å². The number of hydrogen-bond acceptors (Lipinski definition) is 1. The Morgan fingerprint density at radius 1 is 0.833 bits per heavy atom. The summed E-state index contributed by atoms with van der Waals surface area (Å²) < 4.78 is 0. The normalized spacial score (nSPS) is 50.6. The molecule has 4 aliphatic carbocycles. The van der Waals surface area contributed by atoms with Crippen LogP contribution in [-0.4, -0.2) is 5.78 Å². The Morgan fingerprint density at radius 3 is 1.79 bits per heavy atom. The van der Waals surface area contributed by atoms with Gasteiger partial charge in [0.1, 0.15) is 5.78 Å². The van der Waals surface area contributed by atoms with E-state index in [2.05, 4.69) is 41.5 Å². The van der Waals surface area contributed by atoms with E-state index in [-0.39, 0.29) is 5.41 Å². The SMILES string of the molecule is CC1(C)C2CCC1(C)C(CCC(=O)C1CC3CCC1(C)C3(C)C)C2. The molecule has 1 heteroatoms. The first-order valence-corrected chi connectivity index (χ1v) is 10.6. The van der Waals surface area contributed by atoms with Crippen LogP contribution in [0.25, 0.3) is 0 Å². The van der Waals surface area contributed by atoms with Crippen LogP contribution in [0.3, 0.4) is 0 Å². The number of Topliss-reactive ketones (excluding diaryl/α,β-unsaturated/α-hetero) is 1. The lowest BCUT2D eigenvalue weighted by Crippen LogP contribution is -2.37. The maximum Gasteiger partial charge on any atom is 0.136 e. The van der Waals surface area contributed by atoms with Crippen molar-refractivity contribution in [3.05, 3.63) is 0 Å². The van der Waals surface area contributed by atoms with E-state index in [0.29, 0.717) is 27.9 Å². The Labute approximate surface area is 149 Å². The molecule has 0 spiro atoms. The fourth-order valence-electron chi connectivity index (χ4n) is 7.99. The molecule has 1 nitrogen and oxygen atoms in total. The molecule has 4 fully saturated rings. The second-order valence-electron chi connectivity index (χ2n) is 11.5. The molecule has 0 radical (unpaired) electrons. The predicted octanol–water partition coefficient (Wildman–Crippen LogP) is 6.26. The van der Waals surface area contributed by atoms with Gasteiger partial charge in [-0.25, -0.2) is 0 Å². The zero-order valence-corrected chi connectivity index (χ0v) is 16.9. The maximum atomic E-state index is 13.2. The summed E-state index contributed by atoms with van der Waals surface area (Å²) in [4.78, 5) is 13.2. The quantitative estimate of drug-likeness (QED) is 0.594. The van der Waals surface area contributed by atoms with Gasteiger partial charge in [-0.3, -0.25) is 4.79 Å². The third-order valence-electron chi connectivity index (χ3n) is 10.9. The van der Waals surface area contributed by atoms with Crippen molar-refractivity contribution in [1.82, 2.24) is 0 Å². The van der Waals surface area contributed by atoms with Crippen LogP contribution in [0.1, 0.15) is 92.9 Å². The van der Waals surface area contributed by atoms with E-state index < -0.39 is 0 Å². The van der Waals surface area contributed by atoms with Gasteiger partial charge in [-0.1, -0.05) is 41.5 Å². The largest absolute Gasteiger partial charge is 0.299 e. The molecule has 0 N–H and O–H groups in total. The first-order valence-electron chi connectivity index (χ1n) is 10.6. The summed E-state index contributed by atoms with van der Waals surface area (Å²) in [6.45, 7) is 14.8. The lowest BCUT2D eigenvalue weighted by atomic mass is 9.64. The highest BCUT2D eigenvalue weighted by molar-refractivity contribution is 5.82. The van der Waals surface area contributed by atoms with E-state index in [9.17, 15) is 4.79 Å². The van der Waals surface area contributed by atoms with Crippen molar-refractivity contribution in [2.24, 2.45) is 45.3 Å². The smallest absolute Gasteiger partial charge is 0.136 e. The van der Waals surface area contributed by atoms with Gasteiger partial charge in [0.2, 0.25) is 0 Å². The lowest BCUT2D eigenvalue weighted by Gasteiger charge is -2.40. The minimum absolute atomic E-state index is 0.270. The Kier molecular flexibility index (Phi) is 3.48. The third kappa shape index (κ3) is 1.85. The van der Waals surface area contributed by atoms with Crippen LogP contribution in [0.4, 0.5) is 0 Å². The van der Waals surface area contributed by atoms with Gasteiger partial charge < -0.3 is 0 Å². The van der Waals surface area contributed by atoms with Crippen LogP contribution >= 0.6 is 0 Å². The van der Waals surface area contributed by atoms with Crippen LogP contribution in [0.15, 0.2) is 0 Å². The number of carbonyl (C=O) groups is 1. The molecule has 4 saturated carbocycles. The molecule has 6 atom stereocenters. The van der Waals surface area contributed by atoms with Gasteiger partial charge in [-0.2, -0.15) is 0 Å². The van der Waals surface area contributed by atoms with E-state index in [1.54, 1.807) is 0 Å². The van der Waals surface area contributed by atoms with Gasteiger partial charge in [-0.15, -0.1) is 0 Å². The first-order chi connectivity index (χ1) is 11.0. The van der Waals surface area contributed by atoms with Gasteiger partial charge in [0.05, 0.1) is 0 Å². The monoisotopic (exact) mass is 330 g/mol. The van der Waals surface area contributed by atoms with Gasteiger partial charge in [0.25, 0.3) is 0 Å². The number of hydrogen-bond donors (Lipinski definition) is 0. The summed E-state index contributed by atoms with van der Waals surface area (Å²) in [6, 6.07) is 0. The molecular formula is C23H38O. The molecule has 0 saturated heterocycles.